The van der Waals surface area contributed by atoms with Gasteiger partial charge in [0.05, 0.1) is 0 Å². The van der Waals surface area contributed by atoms with Crippen LogP contribution in [0.2, 0.25) is 0 Å². The molecule has 1 heterocycles. The van der Waals surface area contributed by atoms with Crippen molar-refractivity contribution in [1.29, 1.82) is 0 Å². The van der Waals surface area contributed by atoms with Crippen LogP contribution in [0.3, 0.4) is 0 Å². The van der Waals surface area contributed by atoms with Gasteiger partial charge in [-0.05, 0) is 26.3 Å². The van der Waals surface area contributed by atoms with Crippen LogP contribution in [0, 0.1) is 0 Å². The third-order valence-electron chi connectivity index (χ3n) is 2.02. The molecule has 0 radical (unpaired) electrons. The van der Waals surface area contributed by atoms with Gasteiger partial charge in [0.1, 0.15) is 11.8 Å². The van der Waals surface area contributed by atoms with Crippen molar-refractivity contribution in [2.45, 2.75) is 31.6 Å². The molecule has 0 aromatic heterocycles. The van der Waals surface area contributed by atoms with Crippen LogP contribution >= 0.6 is 20.0 Å². The van der Waals surface area contributed by atoms with Gasteiger partial charge in [0.15, 0.2) is 0 Å². The molecule has 0 spiro atoms. The highest BCUT2D eigenvalue weighted by Crippen LogP contribution is 2.49. The van der Waals surface area contributed by atoms with Crippen LogP contribution in [0.15, 0.2) is 0 Å². The fraction of sp³-hybridized carbons (Fsp3) is 0.857. The van der Waals surface area contributed by atoms with Gasteiger partial charge in [-0.1, -0.05) is 0 Å². The molecule has 1 aliphatic heterocycles. The zero-order valence-electron chi connectivity index (χ0n) is 8.38. The summed E-state index contributed by atoms with van der Waals surface area (Å²) in [4.78, 5) is 20.4. The summed E-state index contributed by atoms with van der Waals surface area (Å²) in [5.74, 6) is -1.48. The van der Waals surface area contributed by atoms with Gasteiger partial charge in [-0.25, -0.2) is 4.57 Å². The Bertz CT molecular complexity index is 268. The van der Waals surface area contributed by atoms with Crippen LogP contribution in [-0.2, 0) is 13.9 Å². The van der Waals surface area contributed by atoms with Crippen molar-refractivity contribution in [2.75, 3.05) is 6.54 Å². The van der Waals surface area contributed by atoms with Gasteiger partial charge in [0.25, 0.3) is 0 Å². The molecular formula is C7H16ClN2O4P. The average Bonchev–Trinajstić information content (AvgIpc) is 2.54. The lowest BCUT2D eigenvalue weighted by Crippen LogP contribution is -2.31. The molecule has 15 heavy (non-hydrogen) atoms. The molecule has 3 atom stereocenters. The molecule has 0 aromatic carbocycles. The van der Waals surface area contributed by atoms with Gasteiger partial charge >= 0.3 is 13.6 Å². The number of nitrogens with one attached hydrogen (secondary N) is 1. The Balaban J connectivity index is 0.00000196. The van der Waals surface area contributed by atoms with Crippen molar-refractivity contribution < 1.29 is 18.8 Å². The third kappa shape index (κ3) is 4.09. The fourth-order valence-electron chi connectivity index (χ4n) is 1.22. The normalized spacial score (nSPS) is 26.2. The van der Waals surface area contributed by atoms with E-state index in [4.69, 9.17) is 5.73 Å². The zero-order valence-corrected chi connectivity index (χ0v) is 10.1. The predicted molar refractivity (Wildman–Crippen MR) is 57.8 cm³/mol. The van der Waals surface area contributed by atoms with Gasteiger partial charge in [-0.2, -0.15) is 0 Å². The molecule has 1 rings (SSSR count). The van der Waals surface area contributed by atoms with E-state index in [0.717, 1.165) is 6.42 Å². The molecule has 8 heteroatoms. The highest BCUT2D eigenvalue weighted by Gasteiger charge is 2.37. The molecule has 0 aliphatic carbocycles. The minimum absolute atomic E-state index is 0. The molecule has 4 N–H and O–H groups in total. The van der Waals surface area contributed by atoms with Crippen molar-refractivity contribution >= 4 is 26.0 Å². The predicted octanol–water partition coefficient (Wildman–Crippen LogP) is 0.194. The van der Waals surface area contributed by atoms with E-state index in [-0.39, 0.29) is 12.4 Å². The SMILES string of the molecule is C[C@H](N)C(=O)OP(=O)(O)C1CCCN1.Cl. The Kier molecular flexibility index (Phi) is 5.77. The van der Waals surface area contributed by atoms with Crippen molar-refractivity contribution in [3.8, 4) is 0 Å². The van der Waals surface area contributed by atoms with E-state index in [1.54, 1.807) is 0 Å². The molecule has 0 saturated carbocycles. The molecule has 2 unspecified atom stereocenters. The van der Waals surface area contributed by atoms with Crippen LogP contribution in [0.5, 0.6) is 0 Å². The van der Waals surface area contributed by atoms with Gasteiger partial charge in [-0.15, -0.1) is 12.4 Å². The first-order valence-corrected chi connectivity index (χ1v) is 6.13. The molecule has 6 nitrogen and oxygen atoms in total. The van der Waals surface area contributed by atoms with Crippen molar-refractivity contribution in [3.63, 3.8) is 0 Å². The van der Waals surface area contributed by atoms with E-state index >= 15 is 0 Å². The second-order valence-corrected chi connectivity index (χ2v) is 5.31. The molecule has 1 fully saturated rings. The first-order chi connectivity index (χ1) is 6.43. The summed E-state index contributed by atoms with van der Waals surface area (Å²) in [7, 11) is -3.89. The van der Waals surface area contributed by atoms with Gasteiger partial charge in [0, 0.05) is 0 Å². The molecule has 0 amide bonds. The summed E-state index contributed by atoms with van der Waals surface area (Å²) in [5.41, 5.74) is 5.21. The van der Waals surface area contributed by atoms with E-state index in [9.17, 15) is 14.3 Å². The van der Waals surface area contributed by atoms with Crippen LogP contribution in [0.1, 0.15) is 19.8 Å². The summed E-state index contributed by atoms with van der Waals surface area (Å²) >= 11 is 0. The zero-order chi connectivity index (χ0) is 10.8. The number of halogens is 1. The minimum Gasteiger partial charge on any atom is -0.390 e. The van der Waals surface area contributed by atoms with E-state index in [2.05, 4.69) is 9.84 Å². The summed E-state index contributed by atoms with van der Waals surface area (Å²) in [6, 6.07) is -0.878. The molecule has 1 saturated heterocycles. The molecule has 90 valence electrons. The molecule has 0 bridgehead atoms. The maximum atomic E-state index is 11.5. The average molecular weight is 259 g/mol. The van der Waals surface area contributed by atoms with Crippen LogP contribution in [-0.4, -0.2) is 29.2 Å². The fourth-order valence-corrected chi connectivity index (χ4v) is 2.64. The summed E-state index contributed by atoms with van der Waals surface area (Å²) in [5, 5.41) is 2.81. The third-order valence-corrected chi connectivity index (χ3v) is 3.69. The van der Waals surface area contributed by atoms with Crippen molar-refractivity contribution in [3.05, 3.63) is 0 Å². The highest BCUT2D eigenvalue weighted by molar-refractivity contribution is 7.54. The Hall–Kier alpha value is -0.130. The van der Waals surface area contributed by atoms with Crippen molar-refractivity contribution in [1.82, 2.24) is 5.32 Å². The topological polar surface area (TPSA) is 102 Å². The Morgan fingerprint density at radius 2 is 2.33 bits per heavy atom. The standard InChI is InChI=1S/C7H15N2O4P.ClH/c1-5(8)7(10)13-14(11,12)6-3-2-4-9-6;/h5-6,9H,2-4,8H2,1H3,(H,11,12);1H/t5-,6?;/m0./s1. The first-order valence-electron chi connectivity index (χ1n) is 4.48. The maximum Gasteiger partial charge on any atom is 0.395 e. The first kappa shape index (κ1) is 14.9. The summed E-state index contributed by atoms with van der Waals surface area (Å²) in [6.07, 6.45) is 1.35. The van der Waals surface area contributed by atoms with Gasteiger partial charge in [-0.3, -0.25) is 4.79 Å². The number of hydrogen-bond acceptors (Lipinski definition) is 5. The minimum atomic E-state index is -3.89. The monoisotopic (exact) mass is 258 g/mol. The van der Waals surface area contributed by atoms with Gasteiger partial charge < -0.3 is 20.5 Å². The summed E-state index contributed by atoms with van der Waals surface area (Å²) in [6.45, 7) is 2.08. The summed E-state index contributed by atoms with van der Waals surface area (Å²) < 4.78 is 16.0. The lowest BCUT2D eigenvalue weighted by atomic mass is 10.4. The number of rotatable bonds is 3. The molecular weight excluding hydrogens is 243 g/mol. The quantitative estimate of drug-likeness (QED) is 0.625. The second kappa shape index (κ2) is 5.82. The maximum absolute atomic E-state index is 11.5. The number of carbonyl (C=O) groups is 1. The Morgan fingerprint density at radius 1 is 1.73 bits per heavy atom. The molecule has 0 aromatic rings. The Morgan fingerprint density at radius 3 is 2.73 bits per heavy atom. The van der Waals surface area contributed by atoms with Crippen LogP contribution < -0.4 is 11.1 Å². The molecule has 1 aliphatic rings. The lowest BCUT2D eigenvalue weighted by Gasteiger charge is -2.18. The van der Waals surface area contributed by atoms with Crippen LogP contribution in [0.25, 0.3) is 0 Å². The number of carbonyl (C=O) groups excluding carboxylic acids is 1. The van der Waals surface area contributed by atoms with E-state index in [0.29, 0.717) is 13.0 Å². The van der Waals surface area contributed by atoms with E-state index in [1.165, 1.54) is 6.92 Å². The number of nitrogens with two attached hydrogens (primary N) is 1. The largest absolute Gasteiger partial charge is 0.395 e. The lowest BCUT2D eigenvalue weighted by molar-refractivity contribution is -0.135. The van der Waals surface area contributed by atoms with Crippen molar-refractivity contribution in [2.24, 2.45) is 5.73 Å². The van der Waals surface area contributed by atoms with Crippen LogP contribution in [0.4, 0.5) is 0 Å². The number of hydrogen-bond donors (Lipinski definition) is 3. The van der Waals surface area contributed by atoms with Gasteiger partial charge in [0.2, 0.25) is 0 Å². The van der Waals surface area contributed by atoms with E-state index in [1.807, 2.05) is 0 Å². The highest BCUT2D eigenvalue weighted by atomic mass is 35.5. The smallest absolute Gasteiger partial charge is 0.390 e. The second-order valence-electron chi connectivity index (χ2n) is 3.38. The Labute approximate surface area is 94.5 Å². The van der Waals surface area contributed by atoms with E-state index < -0.39 is 25.4 Å².